The van der Waals surface area contributed by atoms with E-state index in [-0.39, 0.29) is 28.8 Å². The topological polar surface area (TPSA) is 63.6 Å². The van der Waals surface area contributed by atoms with Crippen LogP contribution in [0, 0.1) is 12.7 Å². The number of hydrogen-bond donors (Lipinski definition) is 1. The molecule has 10 heteroatoms. The first-order valence-electron chi connectivity index (χ1n) is 8.03. The molecule has 1 atom stereocenters. The highest BCUT2D eigenvalue weighted by atomic mass is 19.4. The first-order chi connectivity index (χ1) is 12.6. The molecule has 0 amide bonds. The van der Waals surface area contributed by atoms with Gasteiger partial charge in [0.2, 0.25) is 0 Å². The maximum Gasteiger partial charge on any atom is 0.419 e. The number of halogens is 5. The lowest BCUT2D eigenvalue weighted by atomic mass is 9.95. The van der Waals surface area contributed by atoms with Crippen LogP contribution in [0.3, 0.4) is 0 Å². The number of hydrogen-bond acceptors (Lipinski definition) is 3. The highest BCUT2D eigenvalue weighted by molar-refractivity contribution is 5.77. The minimum absolute atomic E-state index is 0.0625. The Hall–Kier alpha value is -2.78. The average Bonchev–Trinajstić information content (AvgIpc) is 2.91. The van der Waals surface area contributed by atoms with Gasteiger partial charge in [0.15, 0.2) is 5.52 Å². The molecule has 5 nitrogen and oxygen atoms in total. The highest BCUT2D eigenvalue weighted by Crippen LogP contribution is 2.34. The van der Waals surface area contributed by atoms with E-state index in [1.54, 1.807) is 13.8 Å². The van der Waals surface area contributed by atoms with Crippen LogP contribution in [-0.2, 0) is 12.7 Å². The molecule has 0 bridgehead atoms. The number of nitrogens with zero attached hydrogens (tertiary/aromatic N) is 3. The van der Waals surface area contributed by atoms with Crippen LogP contribution in [0.25, 0.3) is 11.0 Å². The first-order valence-corrected chi connectivity index (χ1v) is 8.03. The van der Waals surface area contributed by atoms with Crippen molar-refractivity contribution in [3.8, 4) is 0 Å². The van der Waals surface area contributed by atoms with Gasteiger partial charge in [-0.3, -0.25) is 9.48 Å². The Morgan fingerprint density at radius 2 is 2.00 bits per heavy atom. The predicted molar refractivity (Wildman–Crippen MR) is 87.8 cm³/mol. The van der Waals surface area contributed by atoms with Gasteiger partial charge >= 0.3 is 6.18 Å². The van der Waals surface area contributed by atoms with E-state index in [2.05, 4.69) is 15.1 Å². The molecule has 27 heavy (non-hydrogen) atoms. The fraction of sp³-hybridized carbons (Fsp3) is 0.353. The van der Waals surface area contributed by atoms with Gasteiger partial charge in [0.1, 0.15) is 23.8 Å². The van der Waals surface area contributed by atoms with Gasteiger partial charge in [0.25, 0.3) is 5.56 Å². The van der Waals surface area contributed by atoms with E-state index in [1.807, 2.05) is 0 Å². The van der Waals surface area contributed by atoms with Crippen LogP contribution in [0.15, 0.2) is 23.0 Å². The van der Waals surface area contributed by atoms with Crippen molar-refractivity contribution in [1.82, 2.24) is 19.7 Å². The minimum Gasteiger partial charge on any atom is -0.309 e. The lowest BCUT2D eigenvalue weighted by Crippen LogP contribution is -2.14. The lowest BCUT2D eigenvalue weighted by Gasteiger charge is -2.13. The summed E-state index contributed by atoms with van der Waals surface area (Å²) >= 11 is 0. The number of nitrogens with one attached hydrogen (secondary N) is 1. The van der Waals surface area contributed by atoms with Crippen LogP contribution in [0.1, 0.15) is 35.5 Å². The van der Waals surface area contributed by atoms with Crippen LogP contribution in [0.5, 0.6) is 0 Å². The second-order valence-electron chi connectivity index (χ2n) is 6.10. The van der Waals surface area contributed by atoms with E-state index in [4.69, 9.17) is 0 Å². The summed E-state index contributed by atoms with van der Waals surface area (Å²) in [6.07, 6.45) is -4.80. The molecule has 1 aromatic carbocycles. The van der Waals surface area contributed by atoms with Gasteiger partial charge in [-0.2, -0.15) is 18.3 Å². The number of aromatic amines is 1. The Balaban J connectivity index is 2.15. The summed E-state index contributed by atoms with van der Waals surface area (Å²) in [6, 6.07) is 2.59. The van der Waals surface area contributed by atoms with Crippen molar-refractivity contribution in [1.29, 1.82) is 0 Å². The lowest BCUT2D eigenvalue weighted by molar-refractivity contribution is -0.140. The van der Waals surface area contributed by atoms with Crippen LogP contribution >= 0.6 is 0 Å². The van der Waals surface area contributed by atoms with E-state index in [0.717, 1.165) is 16.8 Å². The molecule has 3 rings (SSSR count). The number of aryl methyl sites for hydroxylation is 2. The van der Waals surface area contributed by atoms with Gasteiger partial charge in [-0.05, 0) is 24.6 Å². The zero-order chi connectivity index (χ0) is 19.9. The minimum atomic E-state index is -4.80. The molecule has 1 N–H and O–H groups in total. The van der Waals surface area contributed by atoms with Gasteiger partial charge < -0.3 is 4.98 Å². The van der Waals surface area contributed by atoms with Crippen molar-refractivity contribution >= 4 is 11.0 Å². The monoisotopic (exact) mass is 386 g/mol. The maximum atomic E-state index is 13.9. The summed E-state index contributed by atoms with van der Waals surface area (Å²) in [4.78, 5) is 18.9. The summed E-state index contributed by atoms with van der Waals surface area (Å²) in [5.41, 5.74) is -1.11. The number of rotatable bonds is 4. The third-order valence-corrected chi connectivity index (χ3v) is 4.25. The number of aromatic nitrogens is 4. The molecule has 2 aromatic heterocycles. The Labute approximate surface area is 149 Å². The number of H-pyrrole nitrogens is 1. The summed E-state index contributed by atoms with van der Waals surface area (Å²) < 4.78 is 66.1. The molecule has 1 unspecified atom stereocenters. The molecule has 0 aliphatic carbocycles. The Morgan fingerprint density at radius 3 is 2.59 bits per heavy atom. The van der Waals surface area contributed by atoms with E-state index < -0.39 is 35.7 Å². The molecule has 0 radical (unpaired) electrons. The molecule has 2 heterocycles. The van der Waals surface area contributed by atoms with Crippen LogP contribution in [0.4, 0.5) is 22.0 Å². The number of fused-ring (bicyclic) bond motifs is 1. The third-order valence-electron chi connectivity index (χ3n) is 4.25. The molecule has 0 saturated carbocycles. The highest BCUT2D eigenvalue weighted by Gasteiger charge is 2.34. The quantitative estimate of drug-likeness (QED) is 0.696. The van der Waals surface area contributed by atoms with Gasteiger partial charge in [-0.1, -0.05) is 13.0 Å². The Kier molecular flexibility index (Phi) is 4.75. The fourth-order valence-electron chi connectivity index (χ4n) is 2.95. The van der Waals surface area contributed by atoms with Crippen molar-refractivity contribution in [3.05, 3.63) is 57.0 Å². The first kappa shape index (κ1) is 19.0. The Bertz CT molecular complexity index is 1050. The summed E-state index contributed by atoms with van der Waals surface area (Å²) in [7, 11) is 0. The van der Waals surface area contributed by atoms with E-state index in [1.165, 1.54) is 0 Å². The van der Waals surface area contributed by atoms with E-state index >= 15 is 0 Å². The largest absolute Gasteiger partial charge is 0.419 e. The SMILES string of the molecule is Cc1nc2c(C(C)c3ccc(C(F)(F)F)c(F)c3)nn(CCF)c2c(=O)[nH]1. The number of benzene rings is 1. The molecule has 0 spiro atoms. The predicted octanol–water partition coefficient (Wildman–Crippen LogP) is 3.71. The van der Waals surface area contributed by atoms with E-state index in [0.29, 0.717) is 11.9 Å². The smallest absolute Gasteiger partial charge is 0.309 e. The van der Waals surface area contributed by atoms with Crippen LogP contribution < -0.4 is 5.56 Å². The second kappa shape index (κ2) is 6.75. The normalized spacial score (nSPS) is 13.3. The zero-order valence-electron chi connectivity index (χ0n) is 14.4. The van der Waals surface area contributed by atoms with Crippen molar-refractivity contribution in [2.45, 2.75) is 32.5 Å². The standard InChI is InChI=1S/C17H15F5N4O/c1-8(10-3-4-11(12(19)7-10)17(20,21)22)13-14-15(26(25-13)6-5-18)16(27)24-9(2)23-14/h3-4,7-8H,5-6H2,1-2H3,(H,23,24,27). The zero-order valence-corrected chi connectivity index (χ0v) is 14.4. The molecule has 144 valence electrons. The van der Waals surface area contributed by atoms with Crippen molar-refractivity contribution in [3.63, 3.8) is 0 Å². The molecule has 3 aromatic rings. The van der Waals surface area contributed by atoms with Crippen LogP contribution in [-0.4, -0.2) is 26.4 Å². The molecule has 0 aliphatic rings. The second-order valence-corrected chi connectivity index (χ2v) is 6.10. The summed E-state index contributed by atoms with van der Waals surface area (Å²) in [6.45, 7) is 2.20. The fourth-order valence-corrected chi connectivity index (χ4v) is 2.95. The van der Waals surface area contributed by atoms with Gasteiger partial charge in [0, 0.05) is 5.92 Å². The molecule has 0 aliphatic heterocycles. The maximum absolute atomic E-state index is 13.9. The molecular formula is C17H15F5N4O. The van der Waals surface area contributed by atoms with Gasteiger partial charge in [-0.15, -0.1) is 0 Å². The third kappa shape index (κ3) is 3.43. The molecule has 0 fully saturated rings. The number of alkyl halides is 4. The van der Waals surface area contributed by atoms with Crippen molar-refractivity contribution in [2.75, 3.05) is 6.67 Å². The summed E-state index contributed by atoms with van der Waals surface area (Å²) in [5.74, 6) is -1.76. The van der Waals surface area contributed by atoms with Crippen molar-refractivity contribution < 1.29 is 22.0 Å². The Morgan fingerprint density at radius 1 is 1.30 bits per heavy atom. The van der Waals surface area contributed by atoms with E-state index in [9.17, 15) is 26.7 Å². The van der Waals surface area contributed by atoms with Crippen molar-refractivity contribution in [2.24, 2.45) is 0 Å². The molecular weight excluding hydrogens is 371 g/mol. The van der Waals surface area contributed by atoms with Gasteiger partial charge in [-0.25, -0.2) is 13.8 Å². The average molecular weight is 386 g/mol. The molecule has 0 saturated heterocycles. The van der Waals surface area contributed by atoms with Gasteiger partial charge in [0.05, 0.1) is 17.8 Å². The summed E-state index contributed by atoms with van der Waals surface area (Å²) in [5, 5.41) is 4.21. The van der Waals surface area contributed by atoms with Crippen LogP contribution in [0.2, 0.25) is 0 Å².